The average molecular weight is 569 g/mol. The van der Waals surface area contributed by atoms with Crippen LogP contribution in [-0.4, -0.2) is 85.9 Å². The van der Waals surface area contributed by atoms with Gasteiger partial charge in [-0.05, 0) is 43.1 Å². The third kappa shape index (κ3) is 6.85. The van der Waals surface area contributed by atoms with E-state index >= 15 is 0 Å². The van der Waals surface area contributed by atoms with Gasteiger partial charge in [-0.25, -0.2) is 8.42 Å². The summed E-state index contributed by atoms with van der Waals surface area (Å²) in [7, 11) is -2.05. The minimum Gasteiger partial charge on any atom is -0.390 e. The van der Waals surface area contributed by atoms with Crippen LogP contribution >= 0.6 is 0 Å². The summed E-state index contributed by atoms with van der Waals surface area (Å²) in [5.41, 5.74) is 4.03. The van der Waals surface area contributed by atoms with Crippen LogP contribution in [0.3, 0.4) is 0 Å². The number of sulfonamides is 1. The Hall–Kier alpha value is -2.83. The van der Waals surface area contributed by atoms with E-state index in [1.807, 2.05) is 43.3 Å². The van der Waals surface area contributed by atoms with E-state index in [9.17, 15) is 31.5 Å². The second kappa shape index (κ2) is 11.7. The fraction of sp³-hybridized carbons (Fsp3) is 0.519. The fourth-order valence-electron chi connectivity index (χ4n) is 5.20. The molecule has 1 aromatic carbocycles. The summed E-state index contributed by atoms with van der Waals surface area (Å²) in [6.07, 6.45) is -2.34. The molecule has 8 nitrogen and oxygen atoms in total. The van der Waals surface area contributed by atoms with Crippen LogP contribution in [0.25, 0.3) is 0 Å². The predicted octanol–water partition coefficient (Wildman–Crippen LogP) is 2.31. The number of halogens is 3. The van der Waals surface area contributed by atoms with Gasteiger partial charge in [-0.15, -0.1) is 0 Å². The molecule has 1 aromatic rings. The minimum atomic E-state index is -4.31. The molecule has 0 spiro atoms. The summed E-state index contributed by atoms with van der Waals surface area (Å²) in [5.74, 6) is -1.23. The van der Waals surface area contributed by atoms with Gasteiger partial charge in [0.25, 0.3) is 0 Å². The summed E-state index contributed by atoms with van der Waals surface area (Å²) in [6.45, 7) is 2.81. The van der Waals surface area contributed by atoms with Crippen molar-refractivity contribution in [1.29, 1.82) is 0 Å². The molecule has 39 heavy (non-hydrogen) atoms. The van der Waals surface area contributed by atoms with Gasteiger partial charge in [-0.2, -0.15) is 13.2 Å². The van der Waals surface area contributed by atoms with Gasteiger partial charge in [0.05, 0.1) is 35.9 Å². The van der Waals surface area contributed by atoms with Crippen molar-refractivity contribution in [3.05, 3.63) is 70.6 Å². The first-order valence-electron chi connectivity index (χ1n) is 13.1. The van der Waals surface area contributed by atoms with Crippen LogP contribution in [0.4, 0.5) is 13.2 Å². The normalized spacial score (nSPS) is 22.1. The summed E-state index contributed by atoms with van der Waals surface area (Å²) in [4.78, 5) is 15.7. The lowest BCUT2D eigenvalue weighted by atomic mass is 9.91. The van der Waals surface area contributed by atoms with Crippen LogP contribution in [0.1, 0.15) is 25.3 Å². The fourth-order valence-corrected chi connectivity index (χ4v) is 6.43. The molecule has 2 aliphatic heterocycles. The van der Waals surface area contributed by atoms with Crippen LogP contribution in [0, 0.1) is 5.92 Å². The van der Waals surface area contributed by atoms with Crippen LogP contribution in [0.2, 0.25) is 0 Å². The Balaban J connectivity index is 1.56. The highest BCUT2D eigenvalue weighted by Gasteiger charge is 2.40. The largest absolute Gasteiger partial charge is 0.390 e. The number of nitrogens with zero attached hydrogens (tertiary/aromatic N) is 2. The number of hydrogen-bond acceptors (Lipinski definition) is 6. The van der Waals surface area contributed by atoms with Gasteiger partial charge in [0.15, 0.2) is 0 Å². The Labute approximate surface area is 227 Å². The molecule has 4 rings (SSSR count). The molecule has 1 amide bonds. The summed E-state index contributed by atoms with van der Waals surface area (Å²) >= 11 is 0. The lowest BCUT2D eigenvalue weighted by Crippen LogP contribution is -2.50. The standard InChI is InChI=1S/C27H35F3N4O4S/c1-3-34-17-19-9-12-39(37,38)33(2)22-14-20(15-23(34)25(19)22)26(36)32-21(13-18-7-5-4-6-8-18)24(35)16-31-11-10-27(28,29)30/h4-8,14-15,20-21,24,31,35H,3,9-13,16-17H2,1-2H3,(H,32,36)/t20?,21-,24+/m0/s1. The number of rotatable bonds is 10. The van der Waals surface area contributed by atoms with Crippen molar-refractivity contribution in [2.24, 2.45) is 5.92 Å². The zero-order valence-electron chi connectivity index (χ0n) is 22.0. The smallest absolute Gasteiger partial charge is 0.390 e. The molecule has 0 fully saturated rings. The molecule has 0 bridgehead atoms. The first kappa shape index (κ1) is 29.2. The lowest BCUT2D eigenvalue weighted by Gasteiger charge is -2.31. The number of hydrogen-bond donors (Lipinski definition) is 3. The summed E-state index contributed by atoms with van der Waals surface area (Å²) in [5, 5.41) is 16.4. The number of likely N-dealkylation sites (N-methyl/N-ethyl adjacent to an activating group) is 2. The molecule has 3 atom stereocenters. The van der Waals surface area contributed by atoms with Crippen molar-refractivity contribution >= 4 is 15.9 Å². The molecule has 12 heteroatoms. The van der Waals surface area contributed by atoms with E-state index in [4.69, 9.17) is 0 Å². The van der Waals surface area contributed by atoms with Crippen LogP contribution in [0.15, 0.2) is 65.0 Å². The van der Waals surface area contributed by atoms with Gasteiger partial charge < -0.3 is 20.6 Å². The number of benzene rings is 1. The van der Waals surface area contributed by atoms with Gasteiger partial charge in [0.2, 0.25) is 15.9 Å². The monoisotopic (exact) mass is 568 g/mol. The third-order valence-corrected chi connectivity index (χ3v) is 9.15. The molecule has 0 saturated heterocycles. The van der Waals surface area contributed by atoms with Crippen molar-refractivity contribution in [3.63, 3.8) is 0 Å². The molecule has 0 saturated carbocycles. The van der Waals surface area contributed by atoms with E-state index in [2.05, 4.69) is 15.5 Å². The lowest BCUT2D eigenvalue weighted by molar-refractivity contribution is -0.133. The number of aliphatic hydroxyl groups excluding tert-OH is 1. The molecule has 1 unspecified atom stereocenters. The van der Waals surface area contributed by atoms with Crippen molar-refractivity contribution in [3.8, 4) is 0 Å². The predicted molar refractivity (Wildman–Crippen MR) is 142 cm³/mol. The molecular weight excluding hydrogens is 533 g/mol. The molecule has 214 valence electrons. The van der Waals surface area contributed by atoms with E-state index in [-0.39, 0.29) is 25.3 Å². The maximum atomic E-state index is 13.6. The molecule has 3 aliphatic rings. The highest BCUT2D eigenvalue weighted by Crippen LogP contribution is 2.43. The van der Waals surface area contributed by atoms with Gasteiger partial charge in [-0.3, -0.25) is 9.10 Å². The zero-order valence-corrected chi connectivity index (χ0v) is 22.9. The quantitative estimate of drug-likeness (QED) is 0.375. The van der Waals surface area contributed by atoms with Crippen molar-refractivity contribution in [2.75, 3.05) is 39.0 Å². The number of nitrogens with one attached hydrogen (secondary N) is 2. The first-order valence-corrected chi connectivity index (χ1v) is 14.7. The average Bonchev–Trinajstić information content (AvgIpc) is 3.22. The number of carbonyl (C=O) groups is 1. The topological polar surface area (TPSA) is 102 Å². The Morgan fingerprint density at radius 1 is 1.18 bits per heavy atom. The second-order valence-electron chi connectivity index (χ2n) is 10.1. The van der Waals surface area contributed by atoms with E-state index in [0.29, 0.717) is 25.2 Å². The van der Waals surface area contributed by atoms with E-state index in [1.54, 1.807) is 6.08 Å². The van der Waals surface area contributed by atoms with E-state index < -0.39 is 46.6 Å². The third-order valence-electron chi connectivity index (χ3n) is 7.40. The SMILES string of the molecule is CCN1CC2=C3C1=CC(C(=O)N[C@@H](Cc1ccccc1)[C@H](O)CNCCC(F)(F)F)C=C3N(C)S(=O)(=O)CC2. The van der Waals surface area contributed by atoms with E-state index in [0.717, 1.165) is 22.4 Å². The maximum Gasteiger partial charge on any atom is 0.390 e. The summed E-state index contributed by atoms with van der Waals surface area (Å²) in [6, 6.07) is 8.38. The van der Waals surface area contributed by atoms with Crippen LogP contribution < -0.4 is 10.6 Å². The number of aliphatic hydroxyl groups is 1. The van der Waals surface area contributed by atoms with Crippen molar-refractivity contribution in [1.82, 2.24) is 19.8 Å². The molecular formula is C27H35F3N4O4S. The molecule has 0 aromatic heterocycles. The number of amides is 1. The molecule has 0 radical (unpaired) electrons. The first-order chi connectivity index (χ1) is 18.4. The zero-order chi connectivity index (χ0) is 28.4. The number of alkyl halides is 3. The van der Waals surface area contributed by atoms with Gasteiger partial charge in [0, 0.05) is 44.5 Å². The Bertz CT molecular complexity index is 1260. The highest BCUT2D eigenvalue weighted by molar-refractivity contribution is 7.89. The van der Waals surface area contributed by atoms with Crippen LogP contribution in [0.5, 0.6) is 0 Å². The van der Waals surface area contributed by atoms with Gasteiger partial charge in [-0.1, -0.05) is 30.3 Å². The van der Waals surface area contributed by atoms with E-state index in [1.165, 1.54) is 11.4 Å². The Morgan fingerprint density at radius 2 is 1.87 bits per heavy atom. The number of carbonyl (C=O) groups excluding carboxylic acids is 1. The molecule has 2 heterocycles. The van der Waals surface area contributed by atoms with Crippen LogP contribution in [-0.2, 0) is 21.2 Å². The Morgan fingerprint density at radius 3 is 2.54 bits per heavy atom. The van der Waals surface area contributed by atoms with Crippen molar-refractivity contribution < 1.29 is 31.5 Å². The molecule has 1 aliphatic carbocycles. The maximum absolute atomic E-state index is 13.6. The second-order valence-corrected chi connectivity index (χ2v) is 12.2. The van der Waals surface area contributed by atoms with Gasteiger partial charge in [0.1, 0.15) is 0 Å². The van der Waals surface area contributed by atoms with Crippen molar-refractivity contribution in [2.45, 2.75) is 44.5 Å². The highest BCUT2D eigenvalue weighted by atomic mass is 32.2. The molecule has 3 N–H and O–H groups in total. The van der Waals surface area contributed by atoms with Gasteiger partial charge >= 0.3 is 6.18 Å². The summed E-state index contributed by atoms with van der Waals surface area (Å²) < 4.78 is 64.5. The Kier molecular flexibility index (Phi) is 8.77. The minimum absolute atomic E-state index is 0.00590.